The van der Waals surface area contributed by atoms with Crippen molar-refractivity contribution in [2.24, 2.45) is 0 Å². The minimum Gasteiger partial charge on any atom is -0.482 e. The third kappa shape index (κ3) is 2.25. The molecule has 1 unspecified atom stereocenters. The number of ether oxygens (including phenoxy) is 1. The molecule has 2 nitrogen and oxygen atoms in total. The summed E-state index contributed by atoms with van der Waals surface area (Å²) in [7, 11) is 0. The summed E-state index contributed by atoms with van der Waals surface area (Å²) in [5, 5.41) is 0. The first kappa shape index (κ1) is 12.6. The second kappa shape index (κ2) is 5.03. The number of hydrogen-bond donors (Lipinski definition) is 0. The molecule has 0 saturated carbocycles. The number of para-hydroxylation sites is 1. The summed E-state index contributed by atoms with van der Waals surface area (Å²) in [6, 6.07) is 14.1. The van der Waals surface area contributed by atoms with Crippen molar-refractivity contribution in [2.45, 2.75) is 38.2 Å². The predicted octanol–water partition coefficient (Wildman–Crippen LogP) is 3.75. The van der Waals surface area contributed by atoms with Crippen molar-refractivity contribution >= 4 is 5.78 Å². The highest BCUT2D eigenvalue weighted by atomic mass is 16.5. The fourth-order valence-corrected chi connectivity index (χ4v) is 3.40. The summed E-state index contributed by atoms with van der Waals surface area (Å²) in [4.78, 5) is 12.7. The maximum atomic E-state index is 12.7. The van der Waals surface area contributed by atoms with Gasteiger partial charge in [0.05, 0.1) is 0 Å². The van der Waals surface area contributed by atoms with Crippen LogP contribution < -0.4 is 4.74 Å². The Morgan fingerprint density at radius 3 is 2.62 bits per heavy atom. The van der Waals surface area contributed by atoms with E-state index in [0.717, 1.165) is 29.7 Å². The van der Waals surface area contributed by atoms with Gasteiger partial charge in [0.1, 0.15) is 5.75 Å². The summed E-state index contributed by atoms with van der Waals surface area (Å²) in [6.45, 7) is 0. The molecule has 0 saturated heterocycles. The van der Waals surface area contributed by atoms with Crippen LogP contribution in [0.3, 0.4) is 0 Å². The van der Waals surface area contributed by atoms with E-state index in [-0.39, 0.29) is 11.9 Å². The van der Waals surface area contributed by atoms with Crippen LogP contribution in [0.5, 0.6) is 5.75 Å². The first-order valence-corrected chi connectivity index (χ1v) is 7.72. The minimum atomic E-state index is -0.357. The van der Waals surface area contributed by atoms with Gasteiger partial charge < -0.3 is 4.74 Å². The SMILES string of the molecule is O=C(c1ccc2c(c1)CCCC2)C1Cc2ccccc2O1. The van der Waals surface area contributed by atoms with Crippen LogP contribution in [0.25, 0.3) is 0 Å². The van der Waals surface area contributed by atoms with Crippen LogP contribution in [-0.4, -0.2) is 11.9 Å². The second-order valence-corrected chi connectivity index (χ2v) is 5.97. The standard InChI is InChI=1S/C19H18O2/c20-19(18-12-15-7-3-4-8-17(15)21-18)16-10-9-13-5-1-2-6-14(13)11-16/h3-4,7-11,18H,1-2,5-6,12H2. The number of carbonyl (C=O) groups is 1. The second-order valence-electron chi connectivity index (χ2n) is 5.97. The maximum absolute atomic E-state index is 12.7. The molecule has 0 bridgehead atoms. The van der Waals surface area contributed by atoms with E-state index >= 15 is 0 Å². The molecule has 106 valence electrons. The van der Waals surface area contributed by atoms with E-state index in [1.165, 1.54) is 24.0 Å². The highest BCUT2D eigenvalue weighted by Crippen LogP contribution is 2.30. The van der Waals surface area contributed by atoms with Gasteiger partial charge in [-0.15, -0.1) is 0 Å². The van der Waals surface area contributed by atoms with Crippen LogP contribution in [0.15, 0.2) is 42.5 Å². The van der Waals surface area contributed by atoms with Crippen molar-refractivity contribution in [3.63, 3.8) is 0 Å². The molecule has 1 atom stereocenters. The zero-order chi connectivity index (χ0) is 14.2. The number of ketones is 1. The molecule has 4 rings (SSSR count). The molecule has 21 heavy (non-hydrogen) atoms. The Morgan fingerprint density at radius 2 is 1.76 bits per heavy atom. The zero-order valence-electron chi connectivity index (χ0n) is 12.0. The summed E-state index contributed by atoms with van der Waals surface area (Å²) < 4.78 is 5.82. The third-order valence-electron chi connectivity index (χ3n) is 4.57. The average molecular weight is 278 g/mol. The lowest BCUT2D eigenvalue weighted by Crippen LogP contribution is -2.25. The fourth-order valence-electron chi connectivity index (χ4n) is 3.40. The van der Waals surface area contributed by atoms with Crippen LogP contribution in [-0.2, 0) is 19.3 Å². The Bertz CT molecular complexity index is 677. The van der Waals surface area contributed by atoms with Gasteiger partial charge in [-0.1, -0.05) is 30.3 Å². The van der Waals surface area contributed by atoms with E-state index in [0.29, 0.717) is 6.42 Å². The van der Waals surface area contributed by atoms with Crippen LogP contribution in [0.1, 0.15) is 39.9 Å². The van der Waals surface area contributed by atoms with E-state index in [9.17, 15) is 4.79 Å². The molecule has 1 aliphatic carbocycles. The number of fused-ring (bicyclic) bond motifs is 2. The van der Waals surface area contributed by atoms with E-state index < -0.39 is 0 Å². The van der Waals surface area contributed by atoms with E-state index in [4.69, 9.17) is 4.74 Å². The van der Waals surface area contributed by atoms with E-state index in [1.807, 2.05) is 30.3 Å². The Labute approximate surface area is 124 Å². The first-order chi connectivity index (χ1) is 10.3. The van der Waals surface area contributed by atoms with Gasteiger partial charge in [0, 0.05) is 12.0 Å². The average Bonchev–Trinajstić information content (AvgIpc) is 2.97. The van der Waals surface area contributed by atoms with Crippen LogP contribution >= 0.6 is 0 Å². The Hall–Kier alpha value is -2.09. The smallest absolute Gasteiger partial charge is 0.203 e. The van der Waals surface area contributed by atoms with Gasteiger partial charge in [0.15, 0.2) is 6.10 Å². The lowest BCUT2D eigenvalue weighted by atomic mass is 9.89. The fraction of sp³-hybridized carbons (Fsp3) is 0.316. The van der Waals surface area contributed by atoms with Crippen molar-refractivity contribution < 1.29 is 9.53 Å². The number of rotatable bonds is 2. The summed E-state index contributed by atoms with van der Waals surface area (Å²) in [6.07, 6.45) is 5.07. The monoisotopic (exact) mass is 278 g/mol. The zero-order valence-corrected chi connectivity index (χ0v) is 12.0. The third-order valence-corrected chi connectivity index (χ3v) is 4.57. The van der Waals surface area contributed by atoms with Gasteiger partial charge in [0.2, 0.25) is 5.78 Å². The number of aryl methyl sites for hydroxylation is 2. The maximum Gasteiger partial charge on any atom is 0.203 e. The van der Waals surface area contributed by atoms with Gasteiger partial charge >= 0.3 is 0 Å². The van der Waals surface area contributed by atoms with Crippen LogP contribution in [0.2, 0.25) is 0 Å². The van der Waals surface area contributed by atoms with Crippen molar-refractivity contribution in [3.05, 3.63) is 64.7 Å². The Balaban J connectivity index is 1.59. The predicted molar refractivity (Wildman–Crippen MR) is 82.0 cm³/mol. The summed E-state index contributed by atoms with van der Waals surface area (Å²) >= 11 is 0. The van der Waals surface area contributed by atoms with Gasteiger partial charge in [-0.05, 0) is 54.5 Å². The largest absolute Gasteiger partial charge is 0.482 e. The van der Waals surface area contributed by atoms with Crippen molar-refractivity contribution in [1.82, 2.24) is 0 Å². The number of hydrogen-bond acceptors (Lipinski definition) is 2. The van der Waals surface area contributed by atoms with E-state index in [1.54, 1.807) is 0 Å². The van der Waals surface area contributed by atoms with Gasteiger partial charge in [-0.25, -0.2) is 0 Å². The van der Waals surface area contributed by atoms with Gasteiger partial charge in [-0.3, -0.25) is 4.79 Å². The molecule has 2 aliphatic rings. The van der Waals surface area contributed by atoms with E-state index in [2.05, 4.69) is 12.1 Å². The molecular weight excluding hydrogens is 260 g/mol. The Morgan fingerprint density at radius 1 is 0.952 bits per heavy atom. The molecule has 0 aromatic heterocycles. The van der Waals surface area contributed by atoms with Crippen LogP contribution in [0, 0.1) is 0 Å². The number of Topliss-reactive ketones (excluding diaryl/α,β-unsaturated/α-hetero) is 1. The normalized spacial score (nSPS) is 19.5. The first-order valence-electron chi connectivity index (χ1n) is 7.72. The van der Waals surface area contributed by atoms with Crippen molar-refractivity contribution in [2.75, 3.05) is 0 Å². The summed E-state index contributed by atoms with van der Waals surface area (Å²) in [5.41, 5.74) is 4.69. The molecule has 2 aromatic carbocycles. The number of benzene rings is 2. The van der Waals surface area contributed by atoms with Crippen molar-refractivity contribution in [1.29, 1.82) is 0 Å². The highest BCUT2D eigenvalue weighted by Gasteiger charge is 2.29. The van der Waals surface area contributed by atoms with Gasteiger partial charge in [-0.2, -0.15) is 0 Å². The molecule has 1 heterocycles. The molecule has 0 spiro atoms. The molecule has 0 N–H and O–H groups in total. The minimum absolute atomic E-state index is 0.111. The molecule has 0 amide bonds. The molecule has 0 fully saturated rings. The quantitative estimate of drug-likeness (QED) is 0.782. The molecular formula is C19H18O2. The topological polar surface area (TPSA) is 26.3 Å². The Kier molecular flexibility index (Phi) is 3.03. The molecule has 1 aliphatic heterocycles. The van der Waals surface area contributed by atoms with Gasteiger partial charge in [0.25, 0.3) is 0 Å². The lowest BCUT2D eigenvalue weighted by molar-refractivity contribution is 0.0824. The number of carbonyl (C=O) groups excluding carboxylic acids is 1. The highest BCUT2D eigenvalue weighted by molar-refractivity contribution is 6.00. The summed E-state index contributed by atoms with van der Waals surface area (Å²) in [5.74, 6) is 0.966. The van der Waals surface area contributed by atoms with Crippen molar-refractivity contribution in [3.8, 4) is 5.75 Å². The lowest BCUT2D eigenvalue weighted by Gasteiger charge is -2.17. The molecule has 2 heteroatoms. The molecule has 2 aromatic rings. The molecule has 0 radical (unpaired) electrons. The van der Waals surface area contributed by atoms with Crippen LogP contribution in [0.4, 0.5) is 0 Å².